The van der Waals surface area contributed by atoms with Gasteiger partial charge in [-0.1, -0.05) is 0 Å². The van der Waals surface area contributed by atoms with Gasteiger partial charge in [-0.15, -0.1) is 0 Å². The van der Waals surface area contributed by atoms with E-state index in [1.54, 1.807) is 0 Å². The van der Waals surface area contributed by atoms with E-state index < -0.39 is 40.7 Å². The van der Waals surface area contributed by atoms with Gasteiger partial charge in [0.25, 0.3) is 0 Å². The molecular formula is C21H16F3NO6. The van der Waals surface area contributed by atoms with E-state index in [4.69, 9.17) is 4.74 Å². The number of nitrogens with zero attached hydrogens (tertiary/aromatic N) is 1. The number of benzene rings is 1. The molecule has 0 saturated heterocycles. The van der Waals surface area contributed by atoms with Crippen LogP contribution in [0.2, 0.25) is 0 Å². The van der Waals surface area contributed by atoms with Crippen LogP contribution in [0.15, 0.2) is 42.6 Å². The fourth-order valence-corrected chi connectivity index (χ4v) is 3.19. The van der Waals surface area contributed by atoms with Crippen molar-refractivity contribution < 1.29 is 41.8 Å². The first-order chi connectivity index (χ1) is 14.6. The highest BCUT2D eigenvalue weighted by atomic mass is 19.4. The van der Waals surface area contributed by atoms with Crippen LogP contribution in [0.1, 0.15) is 42.3 Å². The Morgan fingerprint density at radius 3 is 2.00 bits per heavy atom. The van der Waals surface area contributed by atoms with Crippen molar-refractivity contribution in [2.45, 2.75) is 6.18 Å². The fourth-order valence-electron chi connectivity index (χ4n) is 3.19. The second-order valence-corrected chi connectivity index (χ2v) is 6.31. The first kappa shape index (κ1) is 21.9. The van der Waals surface area contributed by atoms with Crippen molar-refractivity contribution in [2.75, 3.05) is 21.3 Å². The molecule has 0 radical (unpaired) electrons. The van der Waals surface area contributed by atoms with E-state index in [1.165, 1.54) is 37.4 Å². The number of carbonyl (C=O) groups is 3. The summed E-state index contributed by atoms with van der Waals surface area (Å²) in [5.41, 5.74) is -3.60. The van der Waals surface area contributed by atoms with Crippen LogP contribution in [0, 0.1) is 0 Å². The standard InChI is InChI=1S/C21H16F3NO6/c1-29-13-6-4-11(5-7-13)18(26)17-16(21(22,23)24)15(20(28)31-3)14-10-12(19(27)30-2)8-9-25(14)17/h4-10H,1-3H3. The van der Waals surface area contributed by atoms with E-state index in [-0.39, 0.29) is 16.6 Å². The third-order valence-corrected chi connectivity index (χ3v) is 4.60. The Balaban J connectivity index is 2.39. The van der Waals surface area contributed by atoms with E-state index >= 15 is 0 Å². The number of aromatic nitrogens is 1. The molecule has 10 heteroatoms. The van der Waals surface area contributed by atoms with Crippen LogP contribution >= 0.6 is 0 Å². The van der Waals surface area contributed by atoms with Crippen LogP contribution < -0.4 is 4.74 Å². The molecule has 0 saturated carbocycles. The third-order valence-electron chi connectivity index (χ3n) is 4.60. The van der Waals surface area contributed by atoms with Gasteiger partial charge in [-0.05, 0) is 36.4 Å². The molecule has 7 nitrogen and oxygen atoms in total. The van der Waals surface area contributed by atoms with Crippen LogP contribution in [-0.4, -0.2) is 43.5 Å². The topological polar surface area (TPSA) is 83.3 Å². The second-order valence-electron chi connectivity index (χ2n) is 6.31. The minimum atomic E-state index is -5.07. The van der Waals surface area contributed by atoms with Gasteiger partial charge in [0.1, 0.15) is 17.0 Å². The van der Waals surface area contributed by atoms with Gasteiger partial charge in [0, 0.05) is 11.8 Å². The lowest BCUT2D eigenvalue weighted by atomic mass is 10.0. The average molecular weight is 435 g/mol. The maximum Gasteiger partial charge on any atom is 0.419 e. The third kappa shape index (κ3) is 3.83. The number of ether oxygens (including phenoxy) is 3. The molecule has 0 aliphatic carbocycles. The molecule has 3 rings (SSSR count). The zero-order chi connectivity index (χ0) is 22.9. The second kappa shape index (κ2) is 8.13. The van der Waals surface area contributed by atoms with Crippen LogP contribution in [0.4, 0.5) is 13.2 Å². The van der Waals surface area contributed by atoms with Crippen molar-refractivity contribution >= 4 is 23.2 Å². The van der Waals surface area contributed by atoms with Gasteiger partial charge in [-0.3, -0.25) is 4.79 Å². The van der Waals surface area contributed by atoms with E-state index in [1.807, 2.05) is 0 Å². The lowest BCUT2D eigenvalue weighted by Gasteiger charge is -2.11. The Hall–Kier alpha value is -3.82. The molecule has 2 heterocycles. The summed E-state index contributed by atoms with van der Waals surface area (Å²) in [6.45, 7) is 0. The number of halogens is 3. The molecule has 0 aliphatic rings. The molecule has 2 aromatic heterocycles. The Kier molecular flexibility index (Phi) is 5.74. The van der Waals surface area contributed by atoms with Gasteiger partial charge in [0.05, 0.1) is 38.0 Å². The van der Waals surface area contributed by atoms with E-state index in [0.29, 0.717) is 5.75 Å². The lowest BCUT2D eigenvalue weighted by molar-refractivity contribution is -0.138. The van der Waals surface area contributed by atoms with Gasteiger partial charge in [-0.2, -0.15) is 13.2 Å². The number of methoxy groups -OCH3 is 3. The summed E-state index contributed by atoms with van der Waals surface area (Å²) in [6.07, 6.45) is -3.97. The summed E-state index contributed by atoms with van der Waals surface area (Å²) >= 11 is 0. The van der Waals surface area contributed by atoms with Gasteiger partial charge in [0.15, 0.2) is 0 Å². The van der Waals surface area contributed by atoms with Gasteiger partial charge < -0.3 is 18.6 Å². The monoisotopic (exact) mass is 435 g/mol. The largest absolute Gasteiger partial charge is 0.497 e. The van der Waals surface area contributed by atoms with E-state index in [2.05, 4.69) is 9.47 Å². The molecule has 0 aliphatic heterocycles. The molecule has 0 unspecified atom stereocenters. The number of alkyl halides is 3. The van der Waals surface area contributed by atoms with Gasteiger partial charge >= 0.3 is 18.1 Å². The fraction of sp³-hybridized carbons (Fsp3) is 0.190. The normalized spacial score (nSPS) is 11.3. The molecule has 0 bridgehead atoms. The number of ketones is 1. The number of rotatable bonds is 5. The summed E-state index contributed by atoms with van der Waals surface area (Å²) in [7, 11) is 3.42. The van der Waals surface area contributed by atoms with Crippen molar-refractivity contribution in [2.24, 2.45) is 0 Å². The van der Waals surface area contributed by atoms with Crippen LogP contribution in [0.25, 0.3) is 5.52 Å². The molecule has 0 atom stereocenters. The minimum absolute atomic E-state index is 0.0563. The highest BCUT2D eigenvalue weighted by Crippen LogP contribution is 2.40. The summed E-state index contributed by atoms with van der Waals surface area (Å²) in [4.78, 5) is 37.3. The molecule has 0 N–H and O–H groups in total. The van der Waals surface area contributed by atoms with Crippen molar-refractivity contribution in [3.8, 4) is 5.75 Å². The first-order valence-corrected chi connectivity index (χ1v) is 8.74. The molecule has 31 heavy (non-hydrogen) atoms. The van der Waals surface area contributed by atoms with Crippen molar-refractivity contribution in [1.29, 1.82) is 0 Å². The summed E-state index contributed by atoms with van der Waals surface area (Å²) in [5.74, 6) is -2.70. The quantitative estimate of drug-likeness (QED) is 0.448. The molecule has 162 valence electrons. The van der Waals surface area contributed by atoms with Gasteiger partial charge in [-0.25, -0.2) is 9.59 Å². The van der Waals surface area contributed by atoms with Gasteiger partial charge in [0.2, 0.25) is 5.78 Å². The van der Waals surface area contributed by atoms with E-state index in [9.17, 15) is 27.6 Å². The zero-order valence-corrected chi connectivity index (χ0v) is 16.6. The molecule has 0 amide bonds. The number of fused-ring (bicyclic) bond motifs is 1. The van der Waals surface area contributed by atoms with Crippen molar-refractivity contribution in [1.82, 2.24) is 4.40 Å². The maximum atomic E-state index is 14.1. The molecule has 0 spiro atoms. The Bertz CT molecular complexity index is 1180. The lowest BCUT2D eigenvalue weighted by Crippen LogP contribution is -2.17. The SMILES string of the molecule is COC(=O)c1ccn2c(C(=O)c3ccc(OC)cc3)c(C(F)(F)F)c(C(=O)OC)c2c1. The maximum absolute atomic E-state index is 14.1. The Morgan fingerprint density at radius 1 is 0.871 bits per heavy atom. The number of pyridine rings is 1. The Morgan fingerprint density at radius 2 is 1.48 bits per heavy atom. The number of esters is 2. The van der Waals surface area contributed by atoms with Crippen LogP contribution in [-0.2, 0) is 15.7 Å². The van der Waals surface area contributed by atoms with E-state index in [0.717, 1.165) is 30.9 Å². The highest BCUT2D eigenvalue weighted by Gasteiger charge is 2.44. The highest BCUT2D eigenvalue weighted by molar-refractivity contribution is 6.13. The smallest absolute Gasteiger partial charge is 0.419 e. The average Bonchev–Trinajstić information content (AvgIpc) is 3.12. The molecular weight excluding hydrogens is 419 g/mol. The predicted octanol–water partition coefficient (Wildman–Crippen LogP) is 3.77. The first-order valence-electron chi connectivity index (χ1n) is 8.74. The molecule has 0 fully saturated rings. The summed E-state index contributed by atoms with van der Waals surface area (Å²) < 4.78 is 57.3. The number of hydrogen-bond donors (Lipinski definition) is 0. The number of carbonyl (C=O) groups excluding carboxylic acids is 3. The predicted molar refractivity (Wildman–Crippen MR) is 102 cm³/mol. The molecule has 1 aromatic carbocycles. The van der Waals surface area contributed by atoms with Crippen molar-refractivity contribution in [3.63, 3.8) is 0 Å². The van der Waals surface area contributed by atoms with Crippen LogP contribution in [0.5, 0.6) is 5.75 Å². The Labute approximate surface area is 173 Å². The number of hydrogen-bond acceptors (Lipinski definition) is 6. The summed E-state index contributed by atoms with van der Waals surface area (Å²) in [6, 6.07) is 7.69. The molecule has 3 aromatic rings. The zero-order valence-electron chi connectivity index (χ0n) is 16.6. The summed E-state index contributed by atoms with van der Waals surface area (Å²) in [5, 5.41) is 0. The van der Waals surface area contributed by atoms with Crippen molar-refractivity contribution in [3.05, 3.63) is 70.5 Å². The minimum Gasteiger partial charge on any atom is -0.497 e. The van der Waals surface area contributed by atoms with Crippen LogP contribution in [0.3, 0.4) is 0 Å².